The van der Waals surface area contributed by atoms with Crippen molar-refractivity contribution in [1.29, 1.82) is 0 Å². The van der Waals surface area contributed by atoms with Crippen LogP contribution in [-0.4, -0.2) is 24.2 Å². The third-order valence-electron chi connectivity index (χ3n) is 2.49. The van der Waals surface area contributed by atoms with Crippen LogP contribution in [0.5, 0.6) is 0 Å². The van der Waals surface area contributed by atoms with E-state index in [4.69, 9.17) is 0 Å². The third-order valence-corrected chi connectivity index (χ3v) is 4.10. The number of nitrogens with zero attached hydrogens (tertiary/aromatic N) is 1. The Morgan fingerprint density at radius 2 is 2.44 bits per heavy atom. The number of aliphatic imine (C=N–C) groups is 1. The van der Waals surface area contributed by atoms with Gasteiger partial charge in [-0.25, -0.2) is 4.99 Å². The number of nitrogens with one attached hydrogen (secondary N) is 1. The zero-order valence-electron chi connectivity index (χ0n) is 9.00. The second-order valence-electron chi connectivity index (χ2n) is 3.90. The Hall–Kier alpha value is -0.520. The number of hydrogen-bond donors (Lipinski definition) is 1. The summed E-state index contributed by atoms with van der Waals surface area (Å²) in [5.74, 6) is -0.111. The molecule has 86 valence electrons. The Kier molecular flexibility index (Phi) is 3.89. The molecular weight excluding hydrogens is 288 g/mol. The maximum Gasteiger partial charge on any atom is 0.286 e. The summed E-state index contributed by atoms with van der Waals surface area (Å²) in [7, 11) is 0. The van der Waals surface area contributed by atoms with Gasteiger partial charge in [-0.1, -0.05) is 0 Å². The average molecular weight is 301 g/mol. The maximum absolute atomic E-state index is 11.8. The van der Waals surface area contributed by atoms with E-state index in [0.717, 1.165) is 28.9 Å². The van der Waals surface area contributed by atoms with Crippen molar-refractivity contribution in [2.75, 3.05) is 6.54 Å². The lowest BCUT2D eigenvalue weighted by Gasteiger charge is -2.20. The summed E-state index contributed by atoms with van der Waals surface area (Å²) < 4.78 is 0.967. The van der Waals surface area contributed by atoms with Crippen molar-refractivity contribution in [2.24, 2.45) is 4.99 Å². The molecule has 1 aromatic rings. The lowest BCUT2D eigenvalue weighted by atomic mass is 10.0. The van der Waals surface area contributed by atoms with Gasteiger partial charge in [-0.05, 0) is 41.4 Å². The molecule has 1 amide bonds. The van der Waals surface area contributed by atoms with E-state index in [2.05, 4.69) is 33.2 Å². The minimum absolute atomic E-state index is 0.111. The minimum atomic E-state index is -0.111. The molecule has 1 unspecified atom stereocenters. The largest absolute Gasteiger partial charge is 0.314 e. The normalized spacial score (nSPS) is 23.6. The number of rotatable bonds is 1. The zero-order valence-corrected chi connectivity index (χ0v) is 11.4. The van der Waals surface area contributed by atoms with E-state index in [0.29, 0.717) is 10.9 Å². The molecule has 16 heavy (non-hydrogen) atoms. The molecule has 0 saturated carbocycles. The van der Waals surface area contributed by atoms with Crippen LogP contribution < -0.4 is 5.32 Å². The highest BCUT2D eigenvalue weighted by molar-refractivity contribution is 9.11. The molecule has 1 fully saturated rings. The summed E-state index contributed by atoms with van der Waals surface area (Å²) in [6.45, 7) is 3.03. The van der Waals surface area contributed by atoms with E-state index in [1.54, 1.807) is 0 Å². The second-order valence-corrected chi connectivity index (χ2v) is 6.36. The summed E-state index contributed by atoms with van der Waals surface area (Å²) >= 11 is 4.77. The van der Waals surface area contributed by atoms with Gasteiger partial charge in [0.25, 0.3) is 5.91 Å². The smallest absolute Gasteiger partial charge is 0.286 e. The molecule has 2 rings (SSSR count). The van der Waals surface area contributed by atoms with Gasteiger partial charge in [0.05, 0.1) is 8.66 Å². The first-order valence-corrected chi connectivity index (χ1v) is 6.85. The van der Waals surface area contributed by atoms with Crippen LogP contribution in [-0.2, 0) is 0 Å². The van der Waals surface area contributed by atoms with E-state index in [1.165, 1.54) is 11.3 Å². The molecule has 0 spiro atoms. The SMILES string of the molecule is CC1CC(=NC(=O)c2ccc(Br)s2)CCN1. The van der Waals surface area contributed by atoms with Gasteiger partial charge in [-0.15, -0.1) is 11.3 Å². The van der Waals surface area contributed by atoms with Crippen molar-refractivity contribution in [1.82, 2.24) is 5.32 Å². The van der Waals surface area contributed by atoms with Gasteiger partial charge < -0.3 is 5.32 Å². The molecule has 5 heteroatoms. The van der Waals surface area contributed by atoms with Gasteiger partial charge in [-0.3, -0.25) is 4.79 Å². The lowest BCUT2D eigenvalue weighted by molar-refractivity contribution is 0.101. The highest BCUT2D eigenvalue weighted by Gasteiger charge is 2.15. The van der Waals surface area contributed by atoms with Gasteiger partial charge in [-0.2, -0.15) is 0 Å². The van der Waals surface area contributed by atoms with Crippen molar-refractivity contribution in [2.45, 2.75) is 25.8 Å². The van der Waals surface area contributed by atoms with Crippen LogP contribution in [0.2, 0.25) is 0 Å². The molecular formula is C11H13BrN2OS. The second kappa shape index (κ2) is 5.21. The quantitative estimate of drug-likeness (QED) is 0.866. The third kappa shape index (κ3) is 2.99. The summed E-state index contributed by atoms with van der Waals surface area (Å²) in [6.07, 6.45) is 1.75. The van der Waals surface area contributed by atoms with Gasteiger partial charge >= 0.3 is 0 Å². The first kappa shape index (κ1) is 12.0. The molecule has 1 aliphatic heterocycles. The lowest BCUT2D eigenvalue weighted by Crippen LogP contribution is -2.36. The summed E-state index contributed by atoms with van der Waals surface area (Å²) in [5, 5.41) is 3.33. The Labute approximate surface area is 107 Å². The molecule has 3 nitrogen and oxygen atoms in total. The van der Waals surface area contributed by atoms with Crippen molar-refractivity contribution in [3.05, 3.63) is 20.8 Å². The van der Waals surface area contributed by atoms with Crippen LogP contribution in [0.3, 0.4) is 0 Å². The molecule has 2 heterocycles. The van der Waals surface area contributed by atoms with Gasteiger partial charge in [0, 0.05) is 24.7 Å². The van der Waals surface area contributed by atoms with Crippen LogP contribution in [0.4, 0.5) is 0 Å². The standard InChI is InChI=1S/C11H13BrN2OS/c1-7-6-8(4-5-13-7)14-11(15)9-2-3-10(12)16-9/h2-3,7,13H,4-6H2,1H3. The Morgan fingerprint density at radius 1 is 1.62 bits per heavy atom. The number of thiophene rings is 1. The number of amides is 1. The zero-order chi connectivity index (χ0) is 11.5. The van der Waals surface area contributed by atoms with Crippen LogP contribution in [0, 0.1) is 0 Å². The van der Waals surface area contributed by atoms with Crippen molar-refractivity contribution in [3.8, 4) is 0 Å². The Morgan fingerprint density at radius 3 is 3.06 bits per heavy atom. The van der Waals surface area contributed by atoms with Gasteiger partial charge in [0.15, 0.2) is 0 Å². The molecule has 1 aromatic heterocycles. The van der Waals surface area contributed by atoms with E-state index < -0.39 is 0 Å². The van der Waals surface area contributed by atoms with Crippen LogP contribution in [0.1, 0.15) is 29.4 Å². The fraction of sp³-hybridized carbons (Fsp3) is 0.455. The molecule has 0 aromatic carbocycles. The number of hydrogen-bond acceptors (Lipinski definition) is 3. The minimum Gasteiger partial charge on any atom is -0.314 e. The summed E-state index contributed by atoms with van der Waals surface area (Å²) in [5.41, 5.74) is 1.01. The maximum atomic E-state index is 11.8. The number of piperidine rings is 1. The van der Waals surface area contributed by atoms with E-state index >= 15 is 0 Å². The summed E-state index contributed by atoms with van der Waals surface area (Å²) in [4.78, 5) is 16.7. The molecule has 0 aliphatic carbocycles. The monoisotopic (exact) mass is 300 g/mol. The first-order chi connectivity index (χ1) is 7.65. The Balaban J connectivity index is 2.08. The van der Waals surface area contributed by atoms with Crippen LogP contribution >= 0.6 is 27.3 Å². The van der Waals surface area contributed by atoms with Crippen molar-refractivity contribution < 1.29 is 4.79 Å². The molecule has 1 saturated heterocycles. The average Bonchev–Trinajstić information content (AvgIpc) is 2.65. The number of halogens is 1. The molecule has 0 bridgehead atoms. The summed E-state index contributed by atoms with van der Waals surface area (Å²) in [6, 6.07) is 4.12. The van der Waals surface area contributed by atoms with Gasteiger partial charge in [0.2, 0.25) is 0 Å². The fourth-order valence-electron chi connectivity index (χ4n) is 1.72. The van der Waals surface area contributed by atoms with E-state index in [1.807, 2.05) is 12.1 Å². The number of carbonyl (C=O) groups excluding carboxylic acids is 1. The Bertz CT molecular complexity index is 427. The molecule has 1 atom stereocenters. The molecule has 0 radical (unpaired) electrons. The van der Waals surface area contributed by atoms with Gasteiger partial charge in [0.1, 0.15) is 0 Å². The van der Waals surface area contributed by atoms with Crippen LogP contribution in [0.25, 0.3) is 0 Å². The highest BCUT2D eigenvalue weighted by Crippen LogP contribution is 2.23. The van der Waals surface area contributed by atoms with E-state index in [-0.39, 0.29) is 5.91 Å². The van der Waals surface area contributed by atoms with E-state index in [9.17, 15) is 4.79 Å². The number of carbonyl (C=O) groups is 1. The molecule has 1 aliphatic rings. The highest BCUT2D eigenvalue weighted by atomic mass is 79.9. The molecule has 1 N–H and O–H groups in total. The van der Waals surface area contributed by atoms with Crippen molar-refractivity contribution >= 4 is 38.9 Å². The first-order valence-electron chi connectivity index (χ1n) is 5.24. The topological polar surface area (TPSA) is 41.5 Å². The fourth-order valence-corrected chi connectivity index (χ4v) is 2.99. The predicted octanol–water partition coefficient (Wildman–Crippen LogP) is 2.86. The predicted molar refractivity (Wildman–Crippen MR) is 70.5 cm³/mol. The van der Waals surface area contributed by atoms with Crippen molar-refractivity contribution in [3.63, 3.8) is 0 Å². The van der Waals surface area contributed by atoms with Crippen LogP contribution in [0.15, 0.2) is 20.9 Å².